The maximum atomic E-state index is 11.7. The molecule has 0 aliphatic heterocycles. The highest BCUT2D eigenvalue weighted by Gasteiger charge is 2.03. The van der Waals surface area contributed by atoms with Gasteiger partial charge in [0.25, 0.3) is 5.69 Å². The molecule has 1 aromatic heterocycles. The summed E-state index contributed by atoms with van der Waals surface area (Å²) in [6.45, 7) is 2.29. The van der Waals surface area contributed by atoms with E-state index in [1.165, 1.54) is 18.2 Å². The van der Waals surface area contributed by atoms with Gasteiger partial charge in [0, 0.05) is 24.4 Å². The summed E-state index contributed by atoms with van der Waals surface area (Å²) >= 11 is 0. The zero-order chi connectivity index (χ0) is 15.9. The van der Waals surface area contributed by atoms with Gasteiger partial charge in [-0.25, -0.2) is 0 Å². The van der Waals surface area contributed by atoms with E-state index in [0.29, 0.717) is 6.54 Å². The Balaban J connectivity index is 1.91. The van der Waals surface area contributed by atoms with Crippen LogP contribution >= 0.6 is 0 Å². The number of nitro benzene ring substituents is 1. The van der Waals surface area contributed by atoms with Crippen LogP contribution in [0.4, 0.5) is 5.69 Å². The second-order valence-electron chi connectivity index (χ2n) is 4.67. The van der Waals surface area contributed by atoms with Crippen LogP contribution in [0.2, 0.25) is 0 Å². The molecule has 0 unspecified atom stereocenters. The molecule has 0 saturated heterocycles. The quantitative estimate of drug-likeness (QED) is 0.522. The van der Waals surface area contributed by atoms with Gasteiger partial charge in [-0.3, -0.25) is 19.9 Å². The summed E-state index contributed by atoms with van der Waals surface area (Å²) in [4.78, 5) is 26.0. The zero-order valence-electron chi connectivity index (χ0n) is 12.0. The normalized spacial score (nSPS) is 10.6. The minimum Gasteiger partial charge on any atom is -0.347 e. The molecule has 2 rings (SSSR count). The van der Waals surface area contributed by atoms with E-state index in [0.717, 1.165) is 16.8 Å². The Hall–Kier alpha value is -3.02. The number of non-ortho nitro benzene ring substituents is 1. The number of aromatic nitrogens is 1. The maximum Gasteiger partial charge on any atom is 0.269 e. The van der Waals surface area contributed by atoms with E-state index >= 15 is 0 Å². The molecule has 6 nitrogen and oxygen atoms in total. The van der Waals surface area contributed by atoms with Crippen LogP contribution in [0.15, 0.2) is 48.7 Å². The van der Waals surface area contributed by atoms with Crippen molar-refractivity contribution >= 4 is 17.7 Å². The van der Waals surface area contributed by atoms with E-state index in [4.69, 9.17) is 0 Å². The first-order chi connectivity index (χ1) is 10.6. The molecule has 1 amide bonds. The Morgan fingerprint density at radius 2 is 2.05 bits per heavy atom. The van der Waals surface area contributed by atoms with Crippen molar-refractivity contribution in [3.05, 3.63) is 75.6 Å². The largest absolute Gasteiger partial charge is 0.347 e. The van der Waals surface area contributed by atoms with Gasteiger partial charge in [0.2, 0.25) is 5.91 Å². The predicted molar refractivity (Wildman–Crippen MR) is 83.0 cm³/mol. The number of carbonyl (C=O) groups is 1. The Morgan fingerprint density at radius 1 is 1.32 bits per heavy atom. The fourth-order valence-electron chi connectivity index (χ4n) is 1.81. The van der Waals surface area contributed by atoms with Gasteiger partial charge in [0.05, 0.1) is 17.2 Å². The predicted octanol–water partition coefficient (Wildman–Crippen LogP) is 2.63. The average molecular weight is 297 g/mol. The molecule has 0 fully saturated rings. The number of nitro groups is 1. The number of hydrogen-bond donors (Lipinski definition) is 1. The van der Waals surface area contributed by atoms with Crippen molar-refractivity contribution in [1.82, 2.24) is 10.3 Å². The van der Waals surface area contributed by atoms with E-state index in [1.807, 2.05) is 19.1 Å². The minimum atomic E-state index is -0.463. The van der Waals surface area contributed by atoms with Gasteiger partial charge in [0.1, 0.15) is 0 Å². The summed E-state index contributed by atoms with van der Waals surface area (Å²) in [6, 6.07) is 9.75. The molecule has 0 spiro atoms. The summed E-state index contributed by atoms with van der Waals surface area (Å²) in [7, 11) is 0. The lowest BCUT2D eigenvalue weighted by Gasteiger charge is -2.04. The molecular weight excluding hydrogens is 282 g/mol. The van der Waals surface area contributed by atoms with Crippen LogP contribution in [0.1, 0.15) is 16.8 Å². The highest BCUT2D eigenvalue weighted by Crippen LogP contribution is 2.12. The van der Waals surface area contributed by atoms with E-state index in [-0.39, 0.29) is 11.6 Å². The van der Waals surface area contributed by atoms with E-state index in [2.05, 4.69) is 10.3 Å². The lowest BCUT2D eigenvalue weighted by Crippen LogP contribution is -2.21. The number of rotatable bonds is 5. The van der Waals surface area contributed by atoms with Crippen molar-refractivity contribution in [2.24, 2.45) is 0 Å². The molecule has 0 aliphatic rings. The van der Waals surface area contributed by atoms with E-state index < -0.39 is 4.92 Å². The summed E-state index contributed by atoms with van der Waals surface area (Å²) in [5.74, 6) is -0.247. The number of pyridine rings is 1. The molecule has 0 radical (unpaired) electrons. The van der Waals surface area contributed by atoms with Gasteiger partial charge in [-0.05, 0) is 42.3 Å². The van der Waals surface area contributed by atoms with E-state index in [9.17, 15) is 14.9 Å². The first-order valence-electron chi connectivity index (χ1n) is 6.67. The number of amides is 1. The minimum absolute atomic E-state index is 0.0206. The number of aryl methyl sites for hydroxylation is 1. The van der Waals surface area contributed by atoms with Crippen molar-refractivity contribution in [1.29, 1.82) is 0 Å². The summed E-state index contributed by atoms with van der Waals surface area (Å²) in [6.07, 6.45) is 4.67. The summed E-state index contributed by atoms with van der Waals surface area (Å²) < 4.78 is 0. The van der Waals surface area contributed by atoms with E-state index in [1.54, 1.807) is 24.4 Å². The Kier molecular flexibility index (Phi) is 4.98. The molecule has 2 aromatic rings. The summed E-state index contributed by atoms with van der Waals surface area (Å²) in [5, 5.41) is 13.3. The van der Waals surface area contributed by atoms with Gasteiger partial charge in [-0.2, -0.15) is 0 Å². The molecule has 1 N–H and O–H groups in total. The number of hydrogen-bond acceptors (Lipinski definition) is 4. The molecule has 0 bridgehead atoms. The fraction of sp³-hybridized carbons (Fsp3) is 0.125. The lowest BCUT2D eigenvalue weighted by molar-refractivity contribution is -0.384. The number of benzene rings is 1. The van der Waals surface area contributed by atoms with Crippen molar-refractivity contribution in [3.8, 4) is 0 Å². The van der Waals surface area contributed by atoms with Crippen LogP contribution in [0, 0.1) is 17.0 Å². The molecule has 1 aromatic carbocycles. The number of carbonyl (C=O) groups excluding carboxylic acids is 1. The first-order valence-corrected chi connectivity index (χ1v) is 6.67. The Labute approximate surface area is 127 Å². The van der Waals surface area contributed by atoms with Gasteiger partial charge in [-0.15, -0.1) is 0 Å². The molecule has 0 atom stereocenters. The van der Waals surface area contributed by atoms with Crippen molar-refractivity contribution < 1.29 is 9.72 Å². The smallest absolute Gasteiger partial charge is 0.269 e. The second-order valence-corrected chi connectivity index (χ2v) is 4.67. The topological polar surface area (TPSA) is 85.1 Å². The highest BCUT2D eigenvalue weighted by atomic mass is 16.6. The molecule has 1 heterocycles. The third kappa shape index (κ3) is 4.24. The zero-order valence-corrected chi connectivity index (χ0v) is 12.0. The fourth-order valence-corrected chi connectivity index (χ4v) is 1.81. The van der Waals surface area contributed by atoms with Crippen LogP contribution in [-0.4, -0.2) is 15.8 Å². The van der Waals surface area contributed by atoms with Crippen LogP contribution in [0.5, 0.6) is 0 Å². The van der Waals surface area contributed by atoms with Crippen molar-refractivity contribution in [2.45, 2.75) is 13.5 Å². The molecule has 22 heavy (non-hydrogen) atoms. The highest BCUT2D eigenvalue weighted by molar-refractivity contribution is 5.91. The lowest BCUT2D eigenvalue weighted by atomic mass is 10.2. The summed E-state index contributed by atoms with van der Waals surface area (Å²) in [5.41, 5.74) is 2.57. The molecule has 112 valence electrons. The van der Waals surface area contributed by atoms with Gasteiger partial charge in [-0.1, -0.05) is 6.07 Å². The molecular formula is C16H15N3O3. The number of nitrogens with zero attached hydrogens (tertiary/aromatic N) is 2. The van der Waals surface area contributed by atoms with Crippen LogP contribution < -0.4 is 5.32 Å². The van der Waals surface area contributed by atoms with Crippen LogP contribution in [0.3, 0.4) is 0 Å². The van der Waals surface area contributed by atoms with Crippen molar-refractivity contribution in [2.75, 3.05) is 0 Å². The average Bonchev–Trinajstić information content (AvgIpc) is 2.52. The van der Waals surface area contributed by atoms with Gasteiger partial charge in [0.15, 0.2) is 0 Å². The Morgan fingerprint density at radius 3 is 2.68 bits per heavy atom. The Bertz CT molecular complexity index is 709. The standard InChI is InChI=1S/C16H15N3O3/c1-12-3-2-10-17-15(12)11-18-16(20)9-6-13-4-7-14(8-5-13)19(21)22/h2-10H,11H2,1H3,(H,18,20)/b9-6+. The van der Waals surface area contributed by atoms with Crippen LogP contribution in [0.25, 0.3) is 6.08 Å². The molecule has 0 aliphatic carbocycles. The molecule has 0 saturated carbocycles. The monoisotopic (exact) mass is 297 g/mol. The molecule has 6 heteroatoms. The first kappa shape index (κ1) is 15.4. The maximum absolute atomic E-state index is 11.7. The van der Waals surface area contributed by atoms with Crippen LogP contribution in [-0.2, 0) is 11.3 Å². The number of nitrogens with one attached hydrogen (secondary N) is 1. The SMILES string of the molecule is Cc1cccnc1CNC(=O)/C=C/c1ccc([N+](=O)[O-])cc1. The van der Waals surface area contributed by atoms with Gasteiger partial charge < -0.3 is 5.32 Å². The second kappa shape index (κ2) is 7.12. The van der Waals surface area contributed by atoms with Gasteiger partial charge >= 0.3 is 0 Å². The third-order valence-corrected chi connectivity index (χ3v) is 3.08. The third-order valence-electron chi connectivity index (χ3n) is 3.08. The van der Waals surface area contributed by atoms with Crippen molar-refractivity contribution in [3.63, 3.8) is 0 Å².